The second kappa shape index (κ2) is 15.3. The van der Waals surface area contributed by atoms with Crippen molar-refractivity contribution in [1.82, 2.24) is 19.8 Å². The van der Waals surface area contributed by atoms with Gasteiger partial charge in [0, 0.05) is 25.1 Å². The minimum absolute atomic E-state index is 0.148. The van der Waals surface area contributed by atoms with E-state index < -0.39 is 16.2 Å². The molecule has 2 aliphatic heterocycles. The first kappa shape index (κ1) is 29.4. The molecule has 3 unspecified atom stereocenters. The molecule has 0 spiro atoms. The molecule has 200 valence electrons. The van der Waals surface area contributed by atoms with E-state index in [1.165, 1.54) is 30.1 Å². The number of nitrogens with one attached hydrogen (secondary N) is 2. The molecule has 2 heterocycles. The molecule has 4 N–H and O–H groups in total. The molecule has 0 bridgehead atoms. The number of amides is 1. The molecular weight excluding hydrogens is 629 g/mol. The standard InChI is InChI=1S/C24H47BrIN5O2S/c1-18(33-3)7-6-8-22-23(27)20-17-21(20)24(32)31(22)16-15-30-13-9-19(10-14-30)29-12-5-4-11-26(25)34-28-2/h18-23,28-29H,4-17,27H2,1-3H3/t18-,20-,21?,22?,23?/m0/s1. The Hall–Kier alpha value is 0.830. The number of carbonyl (C=O) groups excluding carboxylic acids is 1. The molecular formula is C24H47BrIN5O2S. The summed E-state index contributed by atoms with van der Waals surface area (Å²) in [7, 11) is 5.68. The first-order chi connectivity index (χ1) is 16.4. The van der Waals surface area contributed by atoms with Crippen molar-refractivity contribution in [3.8, 4) is 0 Å². The van der Waals surface area contributed by atoms with E-state index in [9.17, 15) is 4.79 Å². The molecule has 1 amide bonds. The Morgan fingerprint density at radius 2 is 2.03 bits per heavy atom. The Balaban J connectivity index is 1.34. The van der Waals surface area contributed by atoms with E-state index in [1.54, 1.807) is 7.11 Å². The van der Waals surface area contributed by atoms with Crippen molar-refractivity contribution in [1.29, 1.82) is 0 Å². The zero-order chi connectivity index (χ0) is 24.5. The van der Waals surface area contributed by atoms with Gasteiger partial charge in [-0.15, -0.1) is 0 Å². The van der Waals surface area contributed by atoms with Crippen LogP contribution in [0.15, 0.2) is 0 Å². The summed E-state index contributed by atoms with van der Waals surface area (Å²) in [5.74, 6) is 1.01. The van der Waals surface area contributed by atoms with Crippen LogP contribution in [0.4, 0.5) is 0 Å². The van der Waals surface area contributed by atoms with Gasteiger partial charge in [-0.3, -0.25) is 4.79 Å². The van der Waals surface area contributed by atoms with Gasteiger partial charge in [0.2, 0.25) is 5.91 Å². The molecule has 34 heavy (non-hydrogen) atoms. The molecule has 0 radical (unpaired) electrons. The van der Waals surface area contributed by atoms with E-state index in [1.807, 2.05) is 16.2 Å². The Kier molecular flexibility index (Phi) is 13.2. The fourth-order valence-corrected chi connectivity index (χ4v) is 13.6. The summed E-state index contributed by atoms with van der Waals surface area (Å²) in [6.07, 6.45) is 9.39. The number of hydrogen-bond donors (Lipinski definition) is 3. The van der Waals surface area contributed by atoms with Crippen molar-refractivity contribution < 1.29 is 9.53 Å². The molecule has 7 nitrogen and oxygen atoms in total. The monoisotopic (exact) mass is 675 g/mol. The maximum atomic E-state index is 13.1. The number of nitrogens with two attached hydrogens (primary N) is 1. The molecule has 0 aromatic rings. The van der Waals surface area contributed by atoms with E-state index >= 15 is 0 Å². The number of carbonyl (C=O) groups is 1. The number of likely N-dealkylation sites (tertiary alicyclic amines) is 2. The Morgan fingerprint density at radius 3 is 2.74 bits per heavy atom. The van der Waals surface area contributed by atoms with Crippen LogP contribution in [0.1, 0.15) is 58.3 Å². The average molecular weight is 677 g/mol. The van der Waals surface area contributed by atoms with Gasteiger partial charge in [-0.2, -0.15) is 0 Å². The number of rotatable bonds is 16. The van der Waals surface area contributed by atoms with Crippen molar-refractivity contribution >= 4 is 43.9 Å². The minimum atomic E-state index is -0.959. The van der Waals surface area contributed by atoms with E-state index in [0.29, 0.717) is 17.9 Å². The summed E-state index contributed by atoms with van der Waals surface area (Å²) in [5.41, 5.74) is 6.64. The van der Waals surface area contributed by atoms with Gasteiger partial charge in [0.1, 0.15) is 0 Å². The van der Waals surface area contributed by atoms with Crippen molar-refractivity contribution in [3.05, 3.63) is 0 Å². The first-order valence-corrected chi connectivity index (χ1v) is 22.9. The van der Waals surface area contributed by atoms with Crippen LogP contribution in [-0.4, -0.2) is 91.2 Å². The van der Waals surface area contributed by atoms with Crippen LogP contribution in [0.3, 0.4) is 0 Å². The molecule has 1 saturated carbocycles. The molecule has 0 aromatic carbocycles. The SMILES string of the molecule is CNSI(Br)CCCCNC1CCN(CCN2C(=O)C3C[C@@H]3C(N)C2CCC[C@H](C)OC)CC1. The predicted molar refractivity (Wildman–Crippen MR) is 157 cm³/mol. The maximum absolute atomic E-state index is 13.1. The van der Waals surface area contributed by atoms with Gasteiger partial charge in [0.15, 0.2) is 0 Å². The van der Waals surface area contributed by atoms with Crippen LogP contribution in [0.2, 0.25) is 0 Å². The van der Waals surface area contributed by atoms with Crippen LogP contribution < -0.4 is 15.8 Å². The molecule has 3 fully saturated rings. The molecule has 5 atom stereocenters. The van der Waals surface area contributed by atoms with Crippen LogP contribution in [0.5, 0.6) is 0 Å². The van der Waals surface area contributed by atoms with E-state index in [-0.39, 0.29) is 24.1 Å². The number of methoxy groups -OCH3 is 1. The number of hydrogen-bond acceptors (Lipinski definition) is 7. The van der Waals surface area contributed by atoms with Crippen LogP contribution in [-0.2, 0) is 9.53 Å². The summed E-state index contributed by atoms with van der Waals surface area (Å²) in [5, 5.41) is 3.78. The quantitative estimate of drug-likeness (QED) is 0.0994. The molecule has 0 aromatic heterocycles. The molecule has 1 aliphatic carbocycles. The number of fused-ring (bicyclic) bond motifs is 1. The number of halogens is 2. The number of piperidine rings is 2. The van der Waals surface area contributed by atoms with Crippen LogP contribution in [0, 0.1) is 11.8 Å². The second-order valence-corrected chi connectivity index (χ2v) is 24.7. The number of unbranched alkanes of at least 4 members (excludes halogenated alkanes) is 1. The zero-order valence-corrected chi connectivity index (χ0v) is 25.9. The first-order valence-electron chi connectivity index (χ1n) is 13.2. The van der Waals surface area contributed by atoms with Crippen molar-refractivity contribution in [2.45, 2.75) is 82.5 Å². The Bertz CT molecular complexity index is 616. The van der Waals surface area contributed by atoms with Crippen LogP contribution >= 0.6 is 38.0 Å². The number of nitrogens with zero attached hydrogens (tertiary/aromatic N) is 2. The van der Waals surface area contributed by atoms with Gasteiger partial charge in [-0.1, -0.05) is 0 Å². The van der Waals surface area contributed by atoms with Gasteiger partial charge in [0.05, 0.1) is 6.10 Å². The summed E-state index contributed by atoms with van der Waals surface area (Å²) < 4.78 is 9.96. The van der Waals surface area contributed by atoms with Gasteiger partial charge in [0.25, 0.3) is 0 Å². The van der Waals surface area contributed by atoms with E-state index in [4.69, 9.17) is 10.5 Å². The summed E-state index contributed by atoms with van der Waals surface area (Å²) in [4.78, 5) is 17.8. The van der Waals surface area contributed by atoms with E-state index in [0.717, 1.165) is 58.4 Å². The van der Waals surface area contributed by atoms with Gasteiger partial charge in [-0.25, -0.2) is 0 Å². The van der Waals surface area contributed by atoms with Crippen molar-refractivity contribution in [2.75, 3.05) is 51.3 Å². The average Bonchev–Trinajstić information content (AvgIpc) is 3.64. The zero-order valence-electron chi connectivity index (χ0n) is 21.3. The van der Waals surface area contributed by atoms with Gasteiger partial charge < -0.3 is 10.5 Å². The summed E-state index contributed by atoms with van der Waals surface area (Å²) in [6.45, 7) is 7.32. The Morgan fingerprint density at radius 1 is 1.26 bits per heavy atom. The van der Waals surface area contributed by atoms with Crippen LogP contribution in [0.25, 0.3) is 0 Å². The summed E-state index contributed by atoms with van der Waals surface area (Å²) in [6, 6.07) is 0.998. The molecule has 3 aliphatic rings. The fourth-order valence-electron chi connectivity index (χ4n) is 5.51. The van der Waals surface area contributed by atoms with E-state index in [2.05, 4.69) is 39.5 Å². The molecule has 3 rings (SSSR count). The second-order valence-electron chi connectivity index (χ2n) is 10.2. The fraction of sp³-hybridized carbons (Fsp3) is 0.958. The normalized spacial score (nSPS) is 29.3. The van der Waals surface area contributed by atoms with Gasteiger partial charge >= 0.3 is 134 Å². The third-order valence-electron chi connectivity index (χ3n) is 7.84. The van der Waals surface area contributed by atoms with Crippen molar-refractivity contribution in [3.63, 3.8) is 0 Å². The predicted octanol–water partition coefficient (Wildman–Crippen LogP) is 3.80. The topological polar surface area (TPSA) is 82.9 Å². The number of ether oxygens (including phenoxy) is 1. The third-order valence-corrected chi connectivity index (χ3v) is 18.0. The Labute approximate surface area is 223 Å². The number of alkyl halides is 1. The molecule has 2 saturated heterocycles. The third kappa shape index (κ3) is 8.99. The summed E-state index contributed by atoms with van der Waals surface area (Å²) >= 11 is 2.89. The van der Waals surface area contributed by atoms with Gasteiger partial charge in [-0.05, 0) is 38.5 Å². The van der Waals surface area contributed by atoms with Crippen molar-refractivity contribution in [2.24, 2.45) is 17.6 Å². The molecule has 10 heteroatoms.